The Labute approximate surface area is 149 Å². The van der Waals surface area contributed by atoms with Gasteiger partial charge in [0.2, 0.25) is 0 Å². The molecule has 6 heteroatoms. The first-order valence-electron chi connectivity index (χ1n) is 7.87. The van der Waals surface area contributed by atoms with E-state index in [1.807, 2.05) is 38.1 Å². The molecule has 1 aromatic carbocycles. The minimum atomic E-state index is -0.0414. The van der Waals surface area contributed by atoms with Crippen LogP contribution in [0.15, 0.2) is 34.2 Å². The number of H-pyrrole nitrogens is 1. The van der Waals surface area contributed by atoms with E-state index in [9.17, 15) is 4.79 Å². The molecule has 0 aliphatic carbocycles. The summed E-state index contributed by atoms with van der Waals surface area (Å²) < 4.78 is 5.71. The monoisotopic (exact) mass is 360 g/mol. The van der Waals surface area contributed by atoms with Crippen molar-refractivity contribution in [2.24, 2.45) is 0 Å². The van der Waals surface area contributed by atoms with Crippen molar-refractivity contribution >= 4 is 33.3 Å². The lowest BCUT2D eigenvalue weighted by atomic mass is 10.2. The third-order valence-electron chi connectivity index (χ3n) is 3.83. The normalized spacial score (nSPS) is 11.1. The minimum Gasteiger partial charge on any atom is -0.494 e. The molecule has 3 aromatic rings. The summed E-state index contributed by atoms with van der Waals surface area (Å²) in [4.78, 5) is 21.6. The Morgan fingerprint density at radius 2 is 1.96 bits per heavy atom. The molecule has 126 valence electrons. The minimum absolute atomic E-state index is 0.0414. The Kier molecular flexibility index (Phi) is 5.26. The molecule has 24 heavy (non-hydrogen) atoms. The van der Waals surface area contributed by atoms with Crippen molar-refractivity contribution in [1.82, 2.24) is 9.97 Å². The molecule has 0 amide bonds. The van der Waals surface area contributed by atoms with Crippen LogP contribution in [0.1, 0.15) is 22.4 Å². The molecular weight excluding hydrogens is 340 g/mol. The molecule has 0 bridgehead atoms. The highest BCUT2D eigenvalue weighted by molar-refractivity contribution is 7.99. The number of hydrogen-bond donors (Lipinski definition) is 1. The highest BCUT2D eigenvalue weighted by atomic mass is 32.2. The van der Waals surface area contributed by atoms with E-state index in [1.165, 1.54) is 5.56 Å². The first-order chi connectivity index (χ1) is 11.5. The van der Waals surface area contributed by atoms with Crippen LogP contribution in [-0.2, 0) is 0 Å². The maximum Gasteiger partial charge on any atom is 0.260 e. The number of fused-ring (bicyclic) bond motifs is 1. The summed E-state index contributed by atoms with van der Waals surface area (Å²) in [5.41, 5.74) is 2.22. The molecule has 3 rings (SSSR count). The van der Waals surface area contributed by atoms with Crippen molar-refractivity contribution in [1.29, 1.82) is 0 Å². The number of ether oxygens (including phenoxy) is 1. The third-order valence-corrected chi connectivity index (χ3v) is 5.90. The Morgan fingerprint density at radius 3 is 2.71 bits per heavy atom. The number of rotatable bonds is 6. The van der Waals surface area contributed by atoms with E-state index >= 15 is 0 Å². The zero-order chi connectivity index (χ0) is 17.1. The Balaban J connectivity index is 1.54. The Morgan fingerprint density at radius 1 is 1.21 bits per heavy atom. The highest BCUT2D eigenvalue weighted by Gasteiger charge is 2.11. The van der Waals surface area contributed by atoms with E-state index in [0.29, 0.717) is 11.8 Å². The molecule has 0 fully saturated rings. The molecule has 0 atom stereocenters. The quantitative estimate of drug-likeness (QED) is 0.400. The predicted molar refractivity (Wildman–Crippen MR) is 102 cm³/mol. The van der Waals surface area contributed by atoms with Gasteiger partial charge in [0.1, 0.15) is 10.6 Å². The van der Waals surface area contributed by atoms with Crippen molar-refractivity contribution in [3.63, 3.8) is 0 Å². The van der Waals surface area contributed by atoms with Crippen LogP contribution in [0.2, 0.25) is 0 Å². The fourth-order valence-electron chi connectivity index (χ4n) is 2.36. The maximum absolute atomic E-state index is 12.2. The lowest BCUT2D eigenvalue weighted by molar-refractivity contribution is 0.318. The van der Waals surface area contributed by atoms with Gasteiger partial charge in [0, 0.05) is 10.6 Å². The van der Waals surface area contributed by atoms with Gasteiger partial charge in [-0.05, 0) is 44.9 Å². The van der Waals surface area contributed by atoms with Gasteiger partial charge in [0.05, 0.1) is 12.0 Å². The van der Waals surface area contributed by atoms with Crippen molar-refractivity contribution < 1.29 is 4.74 Å². The van der Waals surface area contributed by atoms with Crippen molar-refractivity contribution in [2.45, 2.75) is 32.3 Å². The van der Waals surface area contributed by atoms with E-state index in [0.717, 1.165) is 38.6 Å². The number of thioether (sulfide) groups is 1. The summed E-state index contributed by atoms with van der Waals surface area (Å²) in [6.45, 7) is 6.71. The number of aryl methyl sites for hydroxylation is 3. The van der Waals surface area contributed by atoms with Crippen molar-refractivity contribution in [2.75, 3.05) is 12.4 Å². The standard InChI is InChI=1S/C18H20N2O2S2/c1-11-5-7-14(8-6-11)22-9-4-10-23-18-19-16(21)15-12(2)13(3)24-17(15)20-18/h5-8H,4,9-10H2,1-3H3,(H,19,20,21). The van der Waals surface area contributed by atoms with Crippen molar-refractivity contribution in [3.8, 4) is 5.75 Å². The number of nitrogens with one attached hydrogen (secondary N) is 1. The number of hydrogen-bond acceptors (Lipinski definition) is 5. The zero-order valence-electron chi connectivity index (χ0n) is 14.0. The first kappa shape index (κ1) is 17.0. The molecule has 0 spiro atoms. The van der Waals surface area contributed by atoms with E-state index < -0.39 is 0 Å². The molecule has 4 nitrogen and oxygen atoms in total. The van der Waals surface area contributed by atoms with Crippen LogP contribution in [0.25, 0.3) is 10.2 Å². The fourth-order valence-corrected chi connectivity index (χ4v) is 4.22. The molecule has 0 aliphatic heterocycles. The number of thiophene rings is 1. The van der Waals surface area contributed by atoms with Crippen LogP contribution < -0.4 is 10.3 Å². The molecular formula is C18H20N2O2S2. The van der Waals surface area contributed by atoms with Crippen LogP contribution in [-0.4, -0.2) is 22.3 Å². The van der Waals surface area contributed by atoms with Crippen LogP contribution >= 0.6 is 23.1 Å². The van der Waals surface area contributed by atoms with Crippen LogP contribution in [0.5, 0.6) is 5.75 Å². The number of aromatic nitrogens is 2. The van der Waals surface area contributed by atoms with Gasteiger partial charge < -0.3 is 9.72 Å². The largest absolute Gasteiger partial charge is 0.494 e. The van der Waals surface area contributed by atoms with Gasteiger partial charge in [-0.25, -0.2) is 4.98 Å². The maximum atomic E-state index is 12.2. The highest BCUT2D eigenvalue weighted by Crippen LogP contribution is 2.27. The molecule has 0 aliphatic rings. The average molecular weight is 361 g/mol. The second kappa shape index (κ2) is 7.40. The summed E-state index contributed by atoms with van der Waals surface area (Å²) >= 11 is 3.14. The second-order valence-corrected chi connectivity index (χ2v) is 7.98. The van der Waals surface area contributed by atoms with E-state index in [4.69, 9.17) is 4.74 Å². The van der Waals surface area contributed by atoms with E-state index in [-0.39, 0.29) is 5.56 Å². The summed E-state index contributed by atoms with van der Waals surface area (Å²) in [5.74, 6) is 1.74. The molecule has 0 saturated carbocycles. The molecule has 0 saturated heterocycles. The number of nitrogens with zero attached hydrogens (tertiary/aromatic N) is 1. The van der Waals surface area contributed by atoms with Gasteiger partial charge in [-0.15, -0.1) is 11.3 Å². The van der Waals surface area contributed by atoms with Crippen molar-refractivity contribution in [3.05, 3.63) is 50.6 Å². The topological polar surface area (TPSA) is 55.0 Å². The van der Waals surface area contributed by atoms with Crippen LogP contribution in [0, 0.1) is 20.8 Å². The summed E-state index contributed by atoms with van der Waals surface area (Å²) in [7, 11) is 0. The summed E-state index contributed by atoms with van der Waals surface area (Å²) in [5, 5.41) is 1.41. The Bertz CT molecular complexity index is 898. The fraction of sp³-hybridized carbons (Fsp3) is 0.333. The van der Waals surface area contributed by atoms with Gasteiger partial charge in [-0.2, -0.15) is 0 Å². The SMILES string of the molecule is Cc1ccc(OCCCSc2nc3sc(C)c(C)c3c(=O)[nH]2)cc1. The van der Waals surface area contributed by atoms with E-state index in [1.54, 1.807) is 23.1 Å². The van der Waals surface area contributed by atoms with Gasteiger partial charge in [-0.3, -0.25) is 4.79 Å². The van der Waals surface area contributed by atoms with Crippen LogP contribution in [0.3, 0.4) is 0 Å². The average Bonchev–Trinajstić information content (AvgIpc) is 2.84. The lowest BCUT2D eigenvalue weighted by Gasteiger charge is -2.06. The first-order valence-corrected chi connectivity index (χ1v) is 9.67. The Hall–Kier alpha value is -1.79. The summed E-state index contributed by atoms with van der Waals surface area (Å²) in [6, 6.07) is 8.05. The summed E-state index contributed by atoms with van der Waals surface area (Å²) in [6.07, 6.45) is 0.892. The smallest absolute Gasteiger partial charge is 0.260 e. The van der Waals surface area contributed by atoms with Gasteiger partial charge in [-0.1, -0.05) is 29.5 Å². The number of benzene rings is 1. The second-order valence-electron chi connectivity index (χ2n) is 5.70. The van der Waals surface area contributed by atoms with Gasteiger partial charge in [0.25, 0.3) is 5.56 Å². The molecule has 0 radical (unpaired) electrons. The third kappa shape index (κ3) is 3.82. The molecule has 2 heterocycles. The zero-order valence-corrected chi connectivity index (χ0v) is 15.6. The van der Waals surface area contributed by atoms with Gasteiger partial charge in [0.15, 0.2) is 5.16 Å². The van der Waals surface area contributed by atoms with Crippen LogP contribution in [0.4, 0.5) is 0 Å². The lowest BCUT2D eigenvalue weighted by Crippen LogP contribution is -2.09. The molecule has 0 unspecified atom stereocenters. The van der Waals surface area contributed by atoms with E-state index in [2.05, 4.69) is 16.9 Å². The predicted octanol–water partition coefficient (Wildman–Crippen LogP) is 4.47. The molecule has 1 N–H and O–H groups in total. The molecule has 2 aromatic heterocycles. The number of aromatic amines is 1. The van der Waals surface area contributed by atoms with Gasteiger partial charge >= 0.3 is 0 Å².